The second-order valence-corrected chi connectivity index (χ2v) is 6.07. The van der Waals surface area contributed by atoms with Crippen LogP contribution in [0.5, 0.6) is 0 Å². The van der Waals surface area contributed by atoms with E-state index in [9.17, 15) is 9.90 Å². The number of hydrogen-bond acceptors (Lipinski definition) is 6. The highest BCUT2D eigenvalue weighted by Gasteiger charge is 2.32. The number of aromatic nitrogens is 3. The van der Waals surface area contributed by atoms with Gasteiger partial charge < -0.3 is 19.7 Å². The lowest BCUT2D eigenvalue weighted by atomic mass is 10.0. The van der Waals surface area contributed by atoms with Gasteiger partial charge in [0.1, 0.15) is 16.8 Å². The summed E-state index contributed by atoms with van der Waals surface area (Å²) in [4.78, 5) is 20.8. The summed E-state index contributed by atoms with van der Waals surface area (Å²) in [5.41, 5.74) is -0.564. The maximum Gasteiger partial charge on any atom is 0.264 e. The van der Waals surface area contributed by atoms with Gasteiger partial charge in [-0.1, -0.05) is 0 Å². The van der Waals surface area contributed by atoms with Gasteiger partial charge >= 0.3 is 0 Å². The molecule has 1 fully saturated rings. The first-order chi connectivity index (χ1) is 10.0. The van der Waals surface area contributed by atoms with E-state index in [1.165, 1.54) is 10.9 Å². The van der Waals surface area contributed by atoms with Crippen molar-refractivity contribution in [3.63, 3.8) is 0 Å². The average molecular weight is 355 g/mol. The molecule has 3 heterocycles. The van der Waals surface area contributed by atoms with Crippen LogP contribution in [-0.4, -0.2) is 45.0 Å². The van der Waals surface area contributed by atoms with Crippen molar-refractivity contribution in [1.29, 1.82) is 0 Å². The molecule has 1 atom stereocenters. The van der Waals surface area contributed by atoms with Crippen LogP contribution in [0.1, 0.15) is 6.42 Å². The minimum Gasteiger partial charge on any atom is -0.386 e. The number of nitrogens with zero attached hydrogens (tertiary/aromatic N) is 3. The Morgan fingerprint density at radius 3 is 3.10 bits per heavy atom. The molecule has 2 N–H and O–H groups in total. The number of hydrogen-bond donors (Lipinski definition) is 2. The van der Waals surface area contributed by atoms with Gasteiger partial charge in [-0.2, -0.15) is 0 Å². The van der Waals surface area contributed by atoms with Crippen molar-refractivity contribution in [2.24, 2.45) is 7.05 Å². The minimum absolute atomic E-state index is 0.189. The lowest BCUT2D eigenvalue weighted by Gasteiger charge is -2.21. The highest BCUT2D eigenvalue weighted by molar-refractivity contribution is 9.10. The molecule has 2 aromatic rings. The lowest BCUT2D eigenvalue weighted by molar-refractivity contribution is 0.0381. The summed E-state index contributed by atoms with van der Waals surface area (Å²) in [6.07, 6.45) is 3.62. The Bertz CT molecular complexity index is 740. The number of halogens is 1. The first kappa shape index (κ1) is 14.4. The quantitative estimate of drug-likeness (QED) is 0.841. The molecular formula is C13H15BrN4O3. The van der Waals surface area contributed by atoms with Crippen LogP contribution in [0.3, 0.4) is 0 Å². The predicted molar refractivity (Wildman–Crippen MR) is 81.4 cm³/mol. The van der Waals surface area contributed by atoms with E-state index in [4.69, 9.17) is 4.74 Å². The normalized spacial score (nSPS) is 21.9. The number of nitrogens with one attached hydrogen (secondary N) is 1. The molecule has 0 aliphatic carbocycles. The van der Waals surface area contributed by atoms with Crippen LogP contribution < -0.4 is 10.9 Å². The molecule has 0 bridgehead atoms. The van der Waals surface area contributed by atoms with Crippen LogP contribution in [0.2, 0.25) is 0 Å². The van der Waals surface area contributed by atoms with E-state index in [-0.39, 0.29) is 18.7 Å². The van der Waals surface area contributed by atoms with Gasteiger partial charge in [-0.25, -0.2) is 9.97 Å². The summed E-state index contributed by atoms with van der Waals surface area (Å²) < 4.78 is 7.26. The van der Waals surface area contributed by atoms with Crippen LogP contribution in [0.25, 0.3) is 10.9 Å². The Morgan fingerprint density at radius 2 is 2.38 bits per heavy atom. The summed E-state index contributed by atoms with van der Waals surface area (Å²) in [5.74, 6) is 0.419. The third-order valence-electron chi connectivity index (χ3n) is 3.57. The smallest absolute Gasteiger partial charge is 0.264 e. The Kier molecular flexibility index (Phi) is 3.68. The van der Waals surface area contributed by atoms with Gasteiger partial charge in [-0.3, -0.25) is 4.79 Å². The summed E-state index contributed by atoms with van der Waals surface area (Å²) in [7, 11) is 1.64. The molecule has 1 aliphatic rings. The van der Waals surface area contributed by atoms with Crippen LogP contribution in [0, 0.1) is 0 Å². The fourth-order valence-corrected chi connectivity index (χ4v) is 2.70. The van der Waals surface area contributed by atoms with Crippen molar-refractivity contribution in [3.05, 3.63) is 27.4 Å². The van der Waals surface area contributed by atoms with Gasteiger partial charge in [0, 0.05) is 32.8 Å². The third kappa shape index (κ3) is 2.66. The van der Waals surface area contributed by atoms with E-state index in [1.54, 1.807) is 13.2 Å². The maximum atomic E-state index is 12.3. The molecule has 0 saturated carbocycles. The number of anilines is 1. The molecule has 2 aromatic heterocycles. The van der Waals surface area contributed by atoms with E-state index in [0.29, 0.717) is 34.2 Å². The predicted octanol–water partition coefficient (Wildman–Crippen LogP) is 0.654. The molecule has 1 saturated heterocycles. The lowest BCUT2D eigenvalue weighted by Crippen LogP contribution is -2.37. The number of rotatable bonds is 3. The summed E-state index contributed by atoms with van der Waals surface area (Å²) in [6, 6.07) is 0. The summed E-state index contributed by atoms with van der Waals surface area (Å²) >= 11 is 3.35. The highest BCUT2D eigenvalue weighted by atomic mass is 79.9. The number of aliphatic hydroxyl groups is 1. The van der Waals surface area contributed by atoms with Gasteiger partial charge in [0.15, 0.2) is 0 Å². The molecule has 3 rings (SSSR count). The van der Waals surface area contributed by atoms with Crippen molar-refractivity contribution in [3.8, 4) is 0 Å². The zero-order chi connectivity index (χ0) is 15.0. The molecule has 112 valence electrons. The molecular weight excluding hydrogens is 340 g/mol. The van der Waals surface area contributed by atoms with E-state index in [0.717, 1.165) is 0 Å². The SMILES string of the molecule is Cn1cnc2c(Br)cnc(NCC3(O)CCOC3)c2c1=O. The fourth-order valence-electron chi connectivity index (χ4n) is 2.30. The van der Waals surface area contributed by atoms with Crippen molar-refractivity contribution >= 4 is 32.7 Å². The topological polar surface area (TPSA) is 89.3 Å². The number of fused-ring (bicyclic) bond motifs is 1. The second-order valence-electron chi connectivity index (χ2n) is 5.22. The zero-order valence-electron chi connectivity index (χ0n) is 11.5. The monoisotopic (exact) mass is 354 g/mol. The van der Waals surface area contributed by atoms with Crippen molar-refractivity contribution < 1.29 is 9.84 Å². The molecule has 1 aliphatic heterocycles. The molecule has 0 aromatic carbocycles. The summed E-state index contributed by atoms with van der Waals surface area (Å²) in [5, 5.41) is 13.7. The van der Waals surface area contributed by atoms with Crippen molar-refractivity contribution in [1.82, 2.24) is 14.5 Å². The van der Waals surface area contributed by atoms with E-state index in [1.807, 2.05) is 0 Å². The first-order valence-corrected chi connectivity index (χ1v) is 7.33. The Balaban J connectivity index is 2.00. The van der Waals surface area contributed by atoms with Crippen LogP contribution in [-0.2, 0) is 11.8 Å². The van der Waals surface area contributed by atoms with Gasteiger partial charge in [-0.05, 0) is 15.9 Å². The molecule has 0 radical (unpaired) electrons. The standard InChI is InChI=1S/C13H15BrN4O3/c1-18-7-17-10-8(14)4-15-11(9(10)12(18)19)16-5-13(20)2-3-21-6-13/h4,7,20H,2-3,5-6H2,1H3,(H,15,16). The minimum atomic E-state index is -0.922. The average Bonchev–Trinajstić information content (AvgIpc) is 2.89. The van der Waals surface area contributed by atoms with Crippen LogP contribution in [0.15, 0.2) is 21.8 Å². The molecule has 0 amide bonds. The number of ether oxygens (including phenoxy) is 1. The zero-order valence-corrected chi connectivity index (χ0v) is 13.1. The fraction of sp³-hybridized carbons (Fsp3) is 0.462. The maximum absolute atomic E-state index is 12.3. The molecule has 7 nitrogen and oxygen atoms in total. The van der Waals surface area contributed by atoms with Crippen LogP contribution >= 0.6 is 15.9 Å². The Labute approximate surface area is 129 Å². The summed E-state index contributed by atoms with van der Waals surface area (Å²) in [6.45, 7) is 1.09. The Morgan fingerprint density at radius 1 is 1.57 bits per heavy atom. The van der Waals surface area contributed by atoms with E-state index >= 15 is 0 Å². The third-order valence-corrected chi connectivity index (χ3v) is 4.15. The van der Waals surface area contributed by atoms with Gasteiger partial charge in [0.2, 0.25) is 0 Å². The molecule has 8 heteroatoms. The van der Waals surface area contributed by atoms with Gasteiger partial charge in [0.25, 0.3) is 5.56 Å². The van der Waals surface area contributed by atoms with Crippen LogP contribution in [0.4, 0.5) is 5.82 Å². The second kappa shape index (κ2) is 5.36. The largest absolute Gasteiger partial charge is 0.386 e. The Hall–Kier alpha value is -1.51. The molecule has 21 heavy (non-hydrogen) atoms. The first-order valence-electron chi connectivity index (χ1n) is 6.54. The molecule has 0 spiro atoms. The van der Waals surface area contributed by atoms with Crippen molar-refractivity contribution in [2.75, 3.05) is 25.1 Å². The van der Waals surface area contributed by atoms with E-state index < -0.39 is 5.60 Å². The molecule has 1 unspecified atom stereocenters. The highest BCUT2D eigenvalue weighted by Crippen LogP contribution is 2.25. The van der Waals surface area contributed by atoms with Crippen molar-refractivity contribution in [2.45, 2.75) is 12.0 Å². The number of pyridine rings is 1. The van der Waals surface area contributed by atoms with Gasteiger partial charge in [-0.15, -0.1) is 0 Å². The van der Waals surface area contributed by atoms with Gasteiger partial charge in [0.05, 0.1) is 22.9 Å². The van der Waals surface area contributed by atoms with E-state index in [2.05, 4.69) is 31.2 Å². The number of aryl methyl sites for hydroxylation is 1.